The summed E-state index contributed by atoms with van der Waals surface area (Å²) in [5.74, 6) is -1.95. The molecular weight excluding hydrogens is 394 g/mol. The number of carboxylic acid groups (broad SMARTS) is 1. The number of benzene rings is 1. The topological polar surface area (TPSA) is 125 Å². The highest BCUT2D eigenvalue weighted by Gasteiger charge is 2.42. The van der Waals surface area contributed by atoms with Gasteiger partial charge in [0.25, 0.3) is 0 Å². The van der Waals surface area contributed by atoms with Gasteiger partial charge < -0.3 is 15.1 Å². The average Bonchev–Trinajstić information content (AvgIpc) is 2.96. The van der Waals surface area contributed by atoms with Crippen molar-refractivity contribution in [2.75, 3.05) is 11.4 Å². The van der Waals surface area contributed by atoms with E-state index in [-0.39, 0.29) is 23.1 Å². The Kier molecular flexibility index (Phi) is 5.99. The molecule has 0 atom stereocenters. The van der Waals surface area contributed by atoms with Crippen LogP contribution in [-0.4, -0.2) is 28.5 Å². The van der Waals surface area contributed by atoms with E-state index < -0.39 is 22.9 Å². The summed E-state index contributed by atoms with van der Waals surface area (Å²) in [5.41, 5.74) is 2.33. The molecule has 0 unspecified atom stereocenters. The fraction of sp³-hybridized carbons (Fsp3) is 0.333. The number of carboxylic acids is 1. The van der Waals surface area contributed by atoms with Crippen LogP contribution in [0.1, 0.15) is 45.1 Å². The molecule has 0 fully saturated rings. The second kappa shape index (κ2) is 8.49. The van der Waals surface area contributed by atoms with Crippen LogP contribution in [0.15, 0.2) is 58.5 Å². The zero-order chi connectivity index (χ0) is 22.8. The third-order valence-corrected chi connectivity index (χ3v) is 5.79. The average molecular weight is 417 g/mol. The molecule has 0 aromatic heterocycles. The maximum Gasteiger partial charge on any atom is 0.303 e. The number of anilines is 1. The Morgan fingerprint density at radius 2 is 1.84 bits per heavy atom. The number of para-hydroxylation sites is 1. The van der Waals surface area contributed by atoms with Gasteiger partial charge in [-0.2, -0.15) is 10.5 Å². The van der Waals surface area contributed by atoms with Crippen LogP contribution in [0.5, 0.6) is 0 Å². The lowest BCUT2D eigenvalue weighted by Gasteiger charge is -2.29. The van der Waals surface area contributed by atoms with Gasteiger partial charge in [-0.3, -0.25) is 9.59 Å². The van der Waals surface area contributed by atoms with Crippen molar-refractivity contribution in [1.29, 1.82) is 10.5 Å². The lowest BCUT2D eigenvalue weighted by Crippen LogP contribution is -2.29. The molecule has 0 bridgehead atoms. The van der Waals surface area contributed by atoms with E-state index in [1.54, 1.807) is 18.2 Å². The normalized spacial score (nSPS) is 17.8. The first kappa shape index (κ1) is 21.9. The Morgan fingerprint density at radius 1 is 1.16 bits per heavy atom. The first-order valence-corrected chi connectivity index (χ1v) is 10.1. The minimum atomic E-state index is -0.810. The van der Waals surface area contributed by atoms with Crippen molar-refractivity contribution in [2.24, 2.45) is 0 Å². The Hall–Kier alpha value is -3.84. The van der Waals surface area contributed by atoms with Gasteiger partial charge in [-0.25, -0.2) is 0 Å². The van der Waals surface area contributed by atoms with E-state index in [1.165, 1.54) is 0 Å². The second-order valence-corrected chi connectivity index (χ2v) is 8.09. The molecule has 2 aliphatic rings. The third kappa shape index (κ3) is 3.83. The number of Topliss-reactive ketones (excluding diaryl/α,β-unsaturated/α-hetero) is 1. The molecule has 3 rings (SSSR count). The number of aliphatic hydroxyl groups is 1. The molecule has 1 heterocycles. The summed E-state index contributed by atoms with van der Waals surface area (Å²) in [7, 11) is 0. The van der Waals surface area contributed by atoms with E-state index in [2.05, 4.69) is 4.90 Å². The first-order chi connectivity index (χ1) is 14.7. The highest BCUT2D eigenvalue weighted by molar-refractivity contribution is 6.20. The number of ketones is 1. The Morgan fingerprint density at radius 3 is 2.48 bits per heavy atom. The van der Waals surface area contributed by atoms with Crippen molar-refractivity contribution in [3.63, 3.8) is 0 Å². The summed E-state index contributed by atoms with van der Waals surface area (Å²) in [6.07, 6.45) is 3.94. The maximum absolute atomic E-state index is 12.1. The van der Waals surface area contributed by atoms with Crippen LogP contribution in [-0.2, 0) is 15.0 Å². The second-order valence-electron chi connectivity index (χ2n) is 8.09. The first-order valence-electron chi connectivity index (χ1n) is 10.1. The molecule has 158 valence electrons. The van der Waals surface area contributed by atoms with Gasteiger partial charge in [-0.05, 0) is 30.5 Å². The highest BCUT2D eigenvalue weighted by Crippen LogP contribution is 2.49. The predicted octanol–water partition coefficient (Wildman–Crippen LogP) is 4.05. The van der Waals surface area contributed by atoms with Gasteiger partial charge in [-0.15, -0.1) is 0 Å². The van der Waals surface area contributed by atoms with Crippen LogP contribution in [0.3, 0.4) is 0 Å². The fourth-order valence-electron chi connectivity index (χ4n) is 4.15. The van der Waals surface area contributed by atoms with Crippen molar-refractivity contribution in [2.45, 2.75) is 44.9 Å². The van der Waals surface area contributed by atoms with Gasteiger partial charge in [0, 0.05) is 35.3 Å². The highest BCUT2D eigenvalue weighted by atomic mass is 16.4. The molecule has 1 aliphatic heterocycles. The number of nitriles is 2. The monoisotopic (exact) mass is 417 g/mol. The summed E-state index contributed by atoms with van der Waals surface area (Å²) < 4.78 is 0. The molecule has 0 saturated carbocycles. The van der Waals surface area contributed by atoms with E-state index in [9.17, 15) is 25.2 Å². The molecule has 7 heteroatoms. The van der Waals surface area contributed by atoms with E-state index in [0.29, 0.717) is 13.0 Å². The van der Waals surface area contributed by atoms with Crippen LogP contribution in [0.4, 0.5) is 5.69 Å². The van der Waals surface area contributed by atoms with E-state index in [1.807, 2.05) is 38.1 Å². The molecule has 1 aromatic rings. The molecule has 1 aromatic carbocycles. The summed E-state index contributed by atoms with van der Waals surface area (Å²) in [6, 6.07) is 11.4. The van der Waals surface area contributed by atoms with E-state index >= 15 is 0 Å². The minimum absolute atomic E-state index is 0.0526. The number of carbonyl (C=O) groups excluding carboxylic acids is 1. The maximum atomic E-state index is 12.1. The quantitative estimate of drug-likeness (QED) is 0.389. The number of hydrogen-bond donors (Lipinski definition) is 2. The summed E-state index contributed by atoms with van der Waals surface area (Å²) in [6.45, 7) is 4.72. The fourth-order valence-corrected chi connectivity index (χ4v) is 4.15. The molecular formula is C24H23N3O4. The molecule has 0 radical (unpaired) electrons. The number of nitrogens with zero attached hydrogens (tertiary/aromatic N) is 3. The molecule has 1 aliphatic carbocycles. The van der Waals surface area contributed by atoms with Gasteiger partial charge in [-0.1, -0.05) is 38.5 Å². The third-order valence-electron chi connectivity index (χ3n) is 5.79. The molecule has 0 amide bonds. The molecule has 7 nitrogen and oxygen atoms in total. The van der Waals surface area contributed by atoms with Crippen LogP contribution in [0, 0.1) is 22.7 Å². The molecule has 0 saturated heterocycles. The van der Waals surface area contributed by atoms with Gasteiger partial charge >= 0.3 is 5.97 Å². The molecule has 0 spiro atoms. The van der Waals surface area contributed by atoms with Crippen molar-refractivity contribution >= 4 is 17.4 Å². The van der Waals surface area contributed by atoms with Gasteiger partial charge in [0.15, 0.2) is 5.76 Å². The predicted molar refractivity (Wildman–Crippen MR) is 114 cm³/mol. The number of hydrogen-bond acceptors (Lipinski definition) is 6. The zero-order valence-electron chi connectivity index (χ0n) is 17.5. The number of fused-ring (bicyclic) bond motifs is 1. The number of unbranched alkanes of at least 4 members (excludes halogenated alkanes) is 2. The van der Waals surface area contributed by atoms with E-state index in [4.69, 9.17) is 5.11 Å². The van der Waals surface area contributed by atoms with E-state index in [0.717, 1.165) is 29.8 Å². The Balaban J connectivity index is 2.00. The number of aliphatic carboxylic acids is 1. The number of aliphatic hydroxyl groups excluding tert-OH is 1. The SMILES string of the molecule is CC1(C)C(=CC2=C(O)C(=O)C2=C(C#N)C#N)N(CCCCCC(=O)O)c2ccccc21. The van der Waals surface area contributed by atoms with Crippen LogP contribution in [0.25, 0.3) is 0 Å². The molecule has 2 N–H and O–H groups in total. The molecule has 31 heavy (non-hydrogen) atoms. The van der Waals surface area contributed by atoms with Crippen LogP contribution < -0.4 is 4.90 Å². The smallest absolute Gasteiger partial charge is 0.303 e. The minimum Gasteiger partial charge on any atom is -0.504 e. The van der Waals surface area contributed by atoms with Crippen molar-refractivity contribution in [3.8, 4) is 12.1 Å². The summed E-state index contributed by atoms with van der Waals surface area (Å²) in [4.78, 5) is 25.0. The van der Waals surface area contributed by atoms with Crippen LogP contribution in [0.2, 0.25) is 0 Å². The van der Waals surface area contributed by atoms with Gasteiger partial charge in [0.1, 0.15) is 17.7 Å². The standard InChI is InChI=1S/C24H23N3O4/c1-24(2)17-8-5-6-9-18(17)27(11-7-3-4-10-20(28)29)19(24)12-16-21(15(13-25)14-26)23(31)22(16)30/h5-6,8-9,12,30H,3-4,7,10-11H2,1-2H3,(H,28,29). The number of carbonyl (C=O) groups is 2. The summed E-state index contributed by atoms with van der Waals surface area (Å²) in [5, 5.41) is 37.4. The van der Waals surface area contributed by atoms with Gasteiger partial charge in [0.05, 0.1) is 5.57 Å². The van der Waals surface area contributed by atoms with Gasteiger partial charge in [0.2, 0.25) is 5.78 Å². The Labute approximate surface area is 180 Å². The zero-order valence-corrected chi connectivity index (χ0v) is 17.5. The van der Waals surface area contributed by atoms with Crippen LogP contribution >= 0.6 is 0 Å². The number of rotatable bonds is 7. The van der Waals surface area contributed by atoms with Crippen molar-refractivity contribution in [1.82, 2.24) is 0 Å². The van der Waals surface area contributed by atoms with Crippen molar-refractivity contribution < 1.29 is 19.8 Å². The lowest BCUT2D eigenvalue weighted by atomic mass is 9.79. The lowest BCUT2D eigenvalue weighted by molar-refractivity contribution is -0.137. The van der Waals surface area contributed by atoms with Crippen molar-refractivity contribution in [3.05, 3.63) is 64.1 Å². The summed E-state index contributed by atoms with van der Waals surface area (Å²) >= 11 is 0. The largest absolute Gasteiger partial charge is 0.504 e. The Bertz CT molecular complexity index is 1110. The number of allylic oxidation sites excluding steroid dienone is 5.